The van der Waals surface area contributed by atoms with Gasteiger partial charge in [-0.2, -0.15) is 11.8 Å². The molecule has 0 saturated carbocycles. The number of sulfone groups is 1. The van der Waals surface area contributed by atoms with E-state index in [9.17, 15) is 8.42 Å². The molecule has 2 aliphatic heterocycles. The molecule has 6 heteroatoms. The fourth-order valence-electron chi connectivity index (χ4n) is 3.10. The van der Waals surface area contributed by atoms with Gasteiger partial charge in [0.25, 0.3) is 0 Å². The zero-order valence-electron chi connectivity index (χ0n) is 11.5. The molecule has 1 aromatic carbocycles. The summed E-state index contributed by atoms with van der Waals surface area (Å²) in [6.45, 7) is 0. The Morgan fingerprint density at radius 2 is 2.10 bits per heavy atom. The summed E-state index contributed by atoms with van der Waals surface area (Å²) in [4.78, 5) is 4.74. The molecule has 21 heavy (non-hydrogen) atoms. The van der Waals surface area contributed by atoms with Crippen molar-refractivity contribution in [2.45, 2.75) is 24.0 Å². The van der Waals surface area contributed by atoms with Gasteiger partial charge < -0.3 is 5.32 Å². The largest absolute Gasteiger partial charge is 0.380 e. The van der Waals surface area contributed by atoms with Gasteiger partial charge in [-0.15, -0.1) is 0 Å². The van der Waals surface area contributed by atoms with Crippen molar-refractivity contribution >= 4 is 38.2 Å². The van der Waals surface area contributed by atoms with E-state index in [1.807, 2.05) is 30.0 Å². The summed E-state index contributed by atoms with van der Waals surface area (Å²) < 4.78 is 23.3. The Balaban J connectivity index is 1.80. The SMILES string of the molecule is O=S1(=O)CCC(Nc2c3c(nc4ccccc24)CSC3)C1. The highest BCUT2D eigenvalue weighted by Crippen LogP contribution is 2.38. The Bertz CT molecular complexity index is 818. The number of hydrogen-bond donors (Lipinski definition) is 1. The van der Waals surface area contributed by atoms with Gasteiger partial charge in [0.2, 0.25) is 0 Å². The highest BCUT2D eigenvalue weighted by atomic mass is 32.2. The number of thioether (sulfide) groups is 1. The van der Waals surface area contributed by atoms with Gasteiger partial charge >= 0.3 is 0 Å². The first kappa shape index (κ1) is 13.4. The lowest BCUT2D eigenvalue weighted by atomic mass is 10.1. The Labute approximate surface area is 128 Å². The van der Waals surface area contributed by atoms with Crippen molar-refractivity contribution in [3.63, 3.8) is 0 Å². The third-order valence-corrected chi connectivity index (χ3v) is 6.88. The number of anilines is 1. The number of aromatic nitrogens is 1. The summed E-state index contributed by atoms with van der Waals surface area (Å²) in [6, 6.07) is 8.12. The molecule has 1 saturated heterocycles. The molecule has 2 aliphatic rings. The molecular formula is C15H16N2O2S2. The second-order valence-corrected chi connectivity index (χ2v) is 8.88. The van der Waals surface area contributed by atoms with Crippen molar-refractivity contribution in [3.05, 3.63) is 35.5 Å². The molecule has 1 N–H and O–H groups in total. The Morgan fingerprint density at radius 1 is 1.24 bits per heavy atom. The van der Waals surface area contributed by atoms with Crippen LogP contribution in [0.1, 0.15) is 17.7 Å². The number of fused-ring (bicyclic) bond motifs is 2. The molecule has 0 radical (unpaired) electrons. The van der Waals surface area contributed by atoms with Gasteiger partial charge in [0.1, 0.15) is 0 Å². The average Bonchev–Trinajstić information content (AvgIpc) is 3.04. The van der Waals surface area contributed by atoms with Crippen LogP contribution in [-0.2, 0) is 21.3 Å². The van der Waals surface area contributed by atoms with Crippen molar-refractivity contribution < 1.29 is 8.42 Å². The zero-order valence-corrected chi connectivity index (χ0v) is 13.1. The number of pyridine rings is 1. The summed E-state index contributed by atoms with van der Waals surface area (Å²) >= 11 is 1.86. The number of nitrogens with zero attached hydrogens (tertiary/aromatic N) is 1. The van der Waals surface area contributed by atoms with Crippen LogP contribution in [0.4, 0.5) is 5.69 Å². The van der Waals surface area contributed by atoms with E-state index >= 15 is 0 Å². The van der Waals surface area contributed by atoms with Crippen LogP contribution in [0.25, 0.3) is 10.9 Å². The van der Waals surface area contributed by atoms with Gasteiger partial charge in [0, 0.05) is 34.2 Å². The molecule has 0 amide bonds. The van der Waals surface area contributed by atoms with E-state index in [0.29, 0.717) is 12.2 Å². The molecule has 1 fully saturated rings. The van der Waals surface area contributed by atoms with Crippen molar-refractivity contribution in [2.24, 2.45) is 0 Å². The predicted octanol–water partition coefficient (Wildman–Crippen LogP) is 2.58. The van der Waals surface area contributed by atoms with E-state index in [1.165, 1.54) is 5.56 Å². The fraction of sp³-hybridized carbons (Fsp3) is 0.400. The third-order valence-electron chi connectivity index (χ3n) is 4.14. The fourth-order valence-corrected chi connectivity index (χ4v) is 5.83. The standard InChI is InChI=1S/C15H16N2O2S2/c18-21(19)6-5-10(9-21)16-15-11-3-1-2-4-13(11)17-14-8-20-7-12(14)15/h1-4,10H,5-9H2,(H,16,17). The van der Waals surface area contributed by atoms with E-state index in [1.54, 1.807) is 0 Å². The molecule has 110 valence electrons. The maximum atomic E-state index is 11.7. The lowest BCUT2D eigenvalue weighted by Crippen LogP contribution is -2.21. The number of rotatable bonds is 2. The first-order chi connectivity index (χ1) is 10.1. The van der Waals surface area contributed by atoms with E-state index in [4.69, 9.17) is 4.98 Å². The smallest absolute Gasteiger partial charge is 0.152 e. The minimum absolute atomic E-state index is 0.0236. The van der Waals surface area contributed by atoms with Crippen molar-refractivity contribution in [2.75, 3.05) is 16.8 Å². The van der Waals surface area contributed by atoms with Crippen LogP contribution >= 0.6 is 11.8 Å². The first-order valence-electron chi connectivity index (χ1n) is 7.07. The highest BCUT2D eigenvalue weighted by Gasteiger charge is 2.29. The van der Waals surface area contributed by atoms with Crippen LogP contribution in [0.3, 0.4) is 0 Å². The summed E-state index contributed by atoms with van der Waals surface area (Å²) in [7, 11) is -2.87. The molecule has 1 unspecified atom stereocenters. The Hall–Kier alpha value is -1.27. The van der Waals surface area contributed by atoms with Crippen LogP contribution in [0.5, 0.6) is 0 Å². The van der Waals surface area contributed by atoms with Crippen molar-refractivity contribution in [1.82, 2.24) is 4.98 Å². The molecule has 1 aromatic heterocycles. The highest BCUT2D eigenvalue weighted by molar-refractivity contribution is 7.98. The molecular weight excluding hydrogens is 304 g/mol. The number of para-hydroxylation sites is 1. The topological polar surface area (TPSA) is 59.1 Å². The lowest BCUT2D eigenvalue weighted by molar-refractivity contribution is 0.602. The zero-order chi connectivity index (χ0) is 14.4. The lowest BCUT2D eigenvalue weighted by Gasteiger charge is -2.18. The van der Waals surface area contributed by atoms with E-state index in [2.05, 4.69) is 11.4 Å². The summed E-state index contributed by atoms with van der Waals surface area (Å²) in [5.41, 5.74) is 4.48. The van der Waals surface area contributed by atoms with Gasteiger partial charge in [0.05, 0.1) is 22.7 Å². The van der Waals surface area contributed by atoms with E-state index < -0.39 is 9.84 Å². The van der Waals surface area contributed by atoms with Gasteiger partial charge in [-0.05, 0) is 12.5 Å². The maximum Gasteiger partial charge on any atom is 0.152 e. The number of benzene rings is 1. The minimum Gasteiger partial charge on any atom is -0.380 e. The minimum atomic E-state index is -2.87. The Morgan fingerprint density at radius 3 is 2.90 bits per heavy atom. The second-order valence-electron chi connectivity index (χ2n) is 5.67. The number of nitrogens with one attached hydrogen (secondary N) is 1. The monoisotopic (exact) mass is 320 g/mol. The van der Waals surface area contributed by atoms with Gasteiger partial charge in [-0.25, -0.2) is 8.42 Å². The molecule has 4 rings (SSSR count). The molecule has 0 spiro atoms. The van der Waals surface area contributed by atoms with Crippen LogP contribution in [0.15, 0.2) is 24.3 Å². The third kappa shape index (κ3) is 2.40. The van der Waals surface area contributed by atoms with Crippen molar-refractivity contribution in [3.8, 4) is 0 Å². The molecule has 0 aliphatic carbocycles. The normalized spacial score (nSPS) is 23.3. The van der Waals surface area contributed by atoms with Gasteiger partial charge in [-0.1, -0.05) is 18.2 Å². The molecule has 4 nitrogen and oxygen atoms in total. The molecule has 3 heterocycles. The van der Waals surface area contributed by atoms with Crippen LogP contribution in [0.2, 0.25) is 0 Å². The second kappa shape index (κ2) is 4.88. The van der Waals surface area contributed by atoms with Crippen LogP contribution in [0, 0.1) is 0 Å². The Kier molecular flexibility index (Phi) is 3.11. The van der Waals surface area contributed by atoms with E-state index in [0.717, 1.165) is 33.8 Å². The summed E-state index contributed by atoms with van der Waals surface area (Å²) in [5.74, 6) is 2.43. The maximum absolute atomic E-state index is 11.7. The van der Waals surface area contributed by atoms with Crippen LogP contribution < -0.4 is 5.32 Å². The van der Waals surface area contributed by atoms with Crippen LogP contribution in [-0.4, -0.2) is 30.9 Å². The van der Waals surface area contributed by atoms with E-state index in [-0.39, 0.29) is 11.8 Å². The quantitative estimate of drug-likeness (QED) is 0.921. The first-order valence-corrected chi connectivity index (χ1v) is 10.1. The number of hydrogen-bond acceptors (Lipinski definition) is 5. The summed E-state index contributed by atoms with van der Waals surface area (Å²) in [6.07, 6.45) is 0.695. The molecule has 0 bridgehead atoms. The summed E-state index contributed by atoms with van der Waals surface area (Å²) in [5, 5.41) is 4.61. The van der Waals surface area contributed by atoms with Gasteiger partial charge in [-0.3, -0.25) is 4.98 Å². The predicted molar refractivity (Wildman–Crippen MR) is 87.4 cm³/mol. The van der Waals surface area contributed by atoms with Gasteiger partial charge in [0.15, 0.2) is 9.84 Å². The van der Waals surface area contributed by atoms with Crippen molar-refractivity contribution in [1.29, 1.82) is 0 Å². The molecule has 2 aromatic rings. The average molecular weight is 320 g/mol. The molecule has 1 atom stereocenters.